The number of carbonyl (C=O) groups is 2. The molecule has 1 aliphatic carbocycles. The molecule has 4 nitrogen and oxygen atoms in total. The SMILES string of the molecule is O=C(NNC(=O)C1CC1)c1cc(Br)ccc1Cc1ccc(C(F)(F)F)cc1. The van der Waals surface area contributed by atoms with Crippen LogP contribution in [0.3, 0.4) is 0 Å². The number of carbonyl (C=O) groups excluding carboxylic acids is 2. The van der Waals surface area contributed by atoms with Crippen LogP contribution < -0.4 is 10.9 Å². The molecular formula is C19H16BrF3N2O2. The maximum atomic E-state index is 12.7. The number of hydrogen-bond donors (Lipinski definition) is 2. The van der Waals surface area contributed by atoms with Crippen molar-refractivity contribution in [2.45, 2.75) is 25.4 Å². The van der Waals surface area contributed by atoms with E-state index in [1.807, 2.05) is 0 Å². The molecule has 2 aromatic rings. The molecule has 142 valence electrons. The lowest BCUT2D eigenvalue weighted by Crippen LogP contribution is -2.42. The van der Waals surface area contributed by atoms with Gasteiger partial charge in [0.25, 0.3) is 5.91 Å². The van der Waals surface area contributed by atoms with E-state index in [-0.39, 0.29) is 18.2 Å². The normalized spacial score (nSPS) is 13.9. The zero-order valence-electron chi connectivity index (χ0n) is 14.1. The second-order valence-electron chi connectivity index (χ2n) is 6.39. The maximum absolute atomic E-state index is 12.7. The molecule has 0 unspecified atom stereocenters. The molecule has 1 saturated carbocycles. The molecule has 1 aliphatic rings. The van der Waals surface area contributed by atoms with Crippen LogP contribution in [-0.4, -0.2) is 11.8 Å². The number of alkyl halides is 3. The molecule has 8 heteroatoms. The standard InChI is InChI=1S/C19H16BrF3N2O2/c20-15-8-5-13(9-11-1-6-14(7-2-11)19(21,22)23)16(10-15)18(27)25-24-17(26)12-3-4-12/h1-2,5-8,10,12H,3-4,9H2,(H,24,26)(H,25,27). The number of hydrogen-bond acceptors (Lipinski definition) is 2. The van der Waals surface area contributed by atoms with Gasteiger partial charge in [0.1, 0.15) is 0 Å². The molecule has 27 heavy (non-hydrogen) atoms. The molecule has 3 rings (SSSR count). The van der Waals surface area contributed by atoms with E-state index in [1.165, 1.54) is 12.1 Å². The highest BCUT2D eigenvalue weighted by molar-refractivity contribution is 9.10. The lowest BCUT2D eigenvalue weighted by atomic mass is 9.98. The summed E-state index contributed by atoms with van der Waals surface area (Å²) in [6, 6.07) is 9.90. The number of amides is 2. The molecule has 0 radical (unpaired) electrons. The number of hydrazine groups is 1. The van der Waals surface area contributed by atoms with E-state index >= 15 is 0 Å². The summed E-state index contributed by atoms with van der Waals surface area (Å²) in [5.41, 5.74) is 5.68. The van der Waals surface area contributed by atoms with Crippen LogP contribution in [0, 0.1) is 5.92 Å². The minimum Gasteiger partial charge on any atom is -0.273 e. The number of rotatable bonds is 4. The summed E-state index contributed by atoms with van der Waals surface area (Å²) >= 11 is 3.30. The summed E-state index contributed by atoms with van der Waals surface area (Å²) < 4.78 is 38.7. The highest BCUT2D eigenvalue weighted by Gasteiger charge is 2.30. The van der Waals surface area contributed by atoms with Gasteiger partial charge in [-0.25, -0.2) is 0 Å². The quantitative estimate of drug-likeness (QED) is 0.698. The van der Waals surface area contributed by atoms with Crippen LogP contribution in [0.4, 0.5) is 13.2 Å². The van der Waals surface area contributed by atoms with Gasteiger partial charge in [-0.1, -0.05) is 34.1 Å². The van der Waals surface area contributed by atoms with Crippen molar-refractivity contribution in [3.8, 4) is 0 Å². The molecule has 2 aromatic carbocycles. The first kappa shape index (κ1) is 19.4. The third-order valence-electron chi connectivity index (χ3n) is 4.24. The summed E-state index contributed by atoms with van der Waals surface area (Å²) in [6.45, 7) is 0. The lowest BCUT2D eigenvalue weighted by molar-refractivity contribution is -0.137. The van der Waals surface area contributed by atoms with E-state index < -0.39 is 17.6 Å². The highest BCUT2D eigenvalue weighted by atomic mass is 79.9. The van der Waals surface area contributed by atoms with Gasteiger partial charge in [0.15, 0.2) is 0 Å². The van der Waals surface area contributed by atoms with Gasteiger partial charge in [-0.15, -0.1) is 0 Å². The van der Waals surface area contributed by atoms with E-state index in [0.29, 0.717) is 21.2 Å². The Balaban J connectivity index is 1.75. The van der Waals surface area contributed by atoms with Crippen LogP contribution in [-0.2, 0) is 17.4 Å². The molecule has 0 bridgehead atoms. The van der Waals surface area contributed by atoms with Crippen LogP contribution in [0.15, 0.2) is 46.9 Å². The van der Waals surface area contributed by atoms with Gasteiger partial charge in [-0.2, -0.15) is 13.2 Å². The molecule has 0 aliphatic heterocycles. The Labute approximate surface area is 162 Å². The Kier molecular flexibility index (Phi) is 5.55. The molecule has 2 N–H and O–H groups in total. The minimum absolute atomic E-state index is 0.0422. The van der Waals surface area contributed by atoms with Crippen LogP contribution in [0.25, 0.3) is 0 Å². The average molecular weight is 441 g/mol. The van der Waals surface area contributed by atoms with Crippen LogP contribution in [0.1, 0.15) is 39.9 Å². The first-order valence-electron chi connectivity index (χ1n) is 8.29. The van der Waals surface area contributed by atoms with Crippen molar-refractivity contribution in [3.05, 3.63) is 69.2 Å². The summed E-state index contributed by atoms with van der Waals surface area (Å²) in [6.07, 6.45) is -2.47. The van der Waals surface area contributed by atoms with Crippen molar-refractivity contribution in [2.24, 2.45) is 5.92 Å². The van der Waals surface area contributed by atoms with E-state index in [0.717, 1.165) is 25.0 Å². The van der Waals surface area contributed by atoms with Gasteiger partial charge >= 0.3 is 6.18 Å². The fourth-order valence-electron chi connectivity index (χ4n) is 2.58. The summed E-state index contributed by atoms with van der Waals surface area (Å²) in [4.78, 5) is 24.1. The lowest BCUT2D eigenvalue weighted by Gasteiger charge is -2.12. The van der Waals surface area contributed by atoms with Gasteiger partial charge < -0.3 is 0 Å². The number of halogens is 4. The van der Waals surface area contributed by atoms with E-state index in [9.17, 15) is 22.8 Å². The Morgan fingerprint density at radius 3 is 2.30 bits per heavy atom. The number of benzene rings is 2. The molecule has 0 atom stereocenters. The molecule has 0 spiro atoms. The topological polar surface area (TPSA) is 58.2 Å². The monoisotopic (exact) mass is 440 g/mol. The Morgan fingerprint density at radius 2 is 1.70 bits per heavy atom. The van der Waals surface area contributed by atoms with E-state index in [2.05, 4.69) is 26.8 Å². The van der Waals surface area contributed by atoms with Gasteiger partial charge in [0.2, 0.25) is 5.91 Å². The highest BCUT2D eigenvalue weighted by Crippen LogP contribution is 2.30. The van der Waals surface area contributed by atoms with Crippen molar-refractivity contribution < 1.29 is 22.8 Å². The Morgan fingerprint density at radius 1 is 1.04 bits per heavy atom. The van der Waals surface area contributed by atoms with E-state index in [4.69, 9.17) is 0 Å². The average Bonchev–Trinajstić information content (AvgIpc) is 3.46. The van der Waals surface area contributed by atoms with Gasteiger partial charge in [-0.05, 0) is 54.7 Å². The fourth-order valence-corrected chi connectivity index (χ4v) is 2.94. The number of nitrogens with one attached hydrogen (secondary N) is 2. The molecular weight excluding hydrogens is 425 g/mol. The zero-order chi connectivity index (χ0) is 19.6. The second kappa shape index (κ2) is 7.72. The van der Waals surface area contributed by atoms with Crippen molar-refractivity contribution in [3.63, 3.8) is 0 Å². The fraction of sp³-hybridized carbons (Fsp3) is 0.263. The van der Waals surface area contributed by atoms with E-state index in [1.54, 1.807) is 18.2 Å². The third-order valence-corrected chi connectivity index (χ3v) is 4.73. The van der Waals surface area contributed by atoms with Crippen LogP contribution >= 0.6 is 15.9 Å². The maximum Gasteiger partial charge on any atom is 0.416 e. The van der Waals surface area contributed by atoms with Crippen molar-refractivity contribution in [2.75, 3.05) is 0 Å². The second-order valence-corrected chi connectivity index (χ2v) is 7.31. The van der Waals surface area contributed by atoms with Gasteiger partial charge in [-0.3, -0.25) is 20.4 Å². The smallest absolute Gasteiger partial charge is 0.273 e. The largest absolute Gasteiger partial charge is 0.416 e. The predicted octanol–water partition coefficient (Wildman–Crippen LogP) is 4.23. The third kappa shape index (κ3) is 5.09. The summed E-state index contributed by atoms with van der Waals surface area (Å²) in [5, 5.41) is 0. The summed E-state index contributed by atoms with van der Waals surface area (Å²) in [7, 11) is 0. The molecule has 0 saturated heterocycles. The van der Waals surface area contributed by atoms with Crippen molar-refractivity contribution >= 4 is 27.7 Å². The predicted molar refractivity (Wildman–Crippen MR) is 96.7 cm³/mol. The molecule has 0 aromatic heterocycles. The van der Waals surface area contributed by atoms with Crippen LogP contribution in [0.2, 0.25) is 0 Å². The van der Waals surface area contributed by atoms with Gasteiger partial charge in [0, 0.05) is 16.0 Å². The van der Waals surface area contributed by atoms with Crippen molar-refractivity contribution in [1.82, 2.24) is 10.9 Å². The van der Waals surface area contributed by atoms with Crippen molar-refractivity contribution in [1.29, 1.82) is 0 Å². The van der Waals surface area contributed by atoms with Gasteiger partial charge in [0.05, 0.1) is 5.56 Å². The molecule has 1 fully saturated rings. The minimum atomic E-state index is -4.39. The molecule has 0 heterocycles. The first-order valence-corrected chi connectivity index (χ1v) is 9.08. The zero-order valence-corrected chi connectivity index (χ0v) is 15.7. The van der Waals surface area contributed by atoms with Crippen LogP contribution in [0.5, 0.6) is 0 Å². The first-order chi connectivity index (χ1) is 12.7. The summed E-state index contributed by atoms with van der Waals surface area (Å²) in [5.74, 6) is -0.741. The Hall–Kier alpha value is -2.35. The Bertz CT molecular complexity index is 862. The molecule has 2 amide bonds.